The maximum atomic E-state index is 11.3. The van der Waals surface area contributed by atoms with E-state index in [4.69, 9.17) is 9.47 Å². The van der Waals surface area contributed by atoms with Crippen LogP contribution in [0.1, 0.15) is 48.7 Å². The van der Waals surface area contributed by atoms with E-state index in [1.165, 1.54) is 0 Å². The predicted octanol–water partition coefficient (Wildman–Crippen LogP) is 1.22. The number of hydrogen-bond donors (Lipinski definition) is 1. The van der Waals surface area contributed by atoms with Crippen molar-refractivity contribution in [3.8, 4) is 0 Å². The molecule has 1 fully saturated rings. The molecule has 1 aliphatic rings. The molecule has 1 N–H and O–H groups in total. The maximum absolute atomic E-state index is 11.3. The number of esters is 1. The maximum Gasteiger partial charge on any atom is 0.378 e. The molecule has 6 heteroatoms. The third-order valence-corrected chi connectivity index (χ3v) is 2.45. The van der Waals surface area contributed by atoms with E-state index in [1.807, 2.05) is 0 Å². The molecule has 0 radical (unpaired) electrons. The van der Waals surface area contributed by atoms with Crippen LogP contribution in [0, 0.1) is 0 Å². The highest BCUT2D eigenvalue weighted by Crippen LogP contribution is 2.24. The summed E-state index contributed by atoms with van der Waals surface area (Å²) in [6.45, 7) is 2.80. The molecular formula is C10H15N3O3. The lowest BCUT2D eigenvalue weighted by molar-refractivity contribution is 0.00959. The third-order valence-electron chi connectivity index (χ3n) is 2.45. The largest absolute Gasteiger partial charge is 0.460 e. The van der Waals surface area contributed by atoms with Crippen LogP contribution in [0.25, 0.3) is 0 Å². The summed E-state index contributed by atoms with van der Waals surface area (Å²) in [6.07, 6.45) is 3.04. The summed E-state index contributed by atoms with van der Waals surface area (Å²) in [5, 5.41) is 6.55. The molecule has 1 aromatic heterocycles. The number of aromatic amines is 1. The van der Waals surface area contributed by atoms with E-state index in [2.05, 4.69) is 15.2 Å². The first-order valence-electron chi connectivity index (χ1n) is 5.52. The standard InChI is InChI=1S/C10H15N3O3/c1-2-15-10(14)9-11-8(12-13-9)7-5-3-4-6-16-7/h7H,2-6H2,1H3,(H,11,12,13). The van der Waals surface area contributed by atoms with E-state index in [1.54, 1.807) is 6.92 Å². The first kappa shape index (κ1) is 11.1. The predicted molar refractivity (Wildman–Crippen MR) is 54.9 cm³/mol. The van der Waals surface area contributed by atoms with Gasteiger partial charge in [-0.3, -0.25) is 5.10 Å². The fourth-order valence-electron chi connectivity index (χ4n) is 1.66. The molecule has 0 aromatic carbocycles. The lowest BCUT2D eigenvalue weighted by Gasteiger charge is -2.19. The number of carbonyl (C=O) groups is 1. The zero-order valence-corrected chi connectivity index (χ0v) is 9.23. The Balaban J connectivity index is 2.03. The van der Waals surface area contributed by atoms with Gasteiger partial charge in [0.25, 0.3) is 5.82 Å². The number of nitrogens with one attached hydrogen (secondary N) is 1. The van der Waals surface area contributed by atoms with Crippen LogP contribution in [-0.4, -0.2) is 34.4 Å². The van der Waals surface area contributed by atoms with E-state index in [0.29, 0.717) is 12.4 Å². The van der Waals surface area contributed by atoms with Gasteiger partial charge in [-0.2, -0.15) is 0 Å². The van der Waals surface area contributed by atoms with E-state index in [-0.39, 0.29) is 11.9 Å². The Labute approximate surface area is 93.4 Å². The van der Waals surface area contributed by atoms with Crippen molar-refractivity contribution >= 4 is 5.97 Å². The average molecular weight is 225 g/mol. The van der Waals surface area contributed by atoms with Gasteiger partial charge >= 0.3 is 5.97 Å². The molecule has 0 amide bonds. The molecule has 6 nitrogen and oxygen atoms in total. The Kier molecular flexibility index (Phi) is 3.51. The second-order valence-electron chi connectivity index (χ2n) is 3.62. The van der Waals surface area contributed by atoms with Crippen molar-refractivity contribution < 1.29 is 14.3 Å². The first-order valence-corrected chi connectivity index (χ1v) is 5.52. The van der Waals surface area contributed by atoms with Crippen LogP contribution in [0.15, 0.2) is 0 Å². The molecule has 88 valence electrons. The van der Waals surface area contributed by atoms with Crippen molar-refractivity contribution in [1.29, 1.82) is 0 Å². The lowest BCUT2D eigenvalue weighted by atomic mass is 10.1. The molecule has 16 heavy (non-hydrogen) atoms. The summed E-state index contributed by atoms with van der Waals surface area (Å²) in [6, 6.07) is 0. The summed E-state index contributed by atoms with van der Waals surface area (Å²) in [5.41, 5.74) is 0. The molecular weight excluding hydrogens is 210 g/mol. The molecule has 1 aliphatic heterocycles. The molecule has 1 aromatic rings. The van der Waals surface area contributed by atoms with Gasteiger partial charge in [-0.25, -0.2) is 9.78 Å². The van der Waals surface area contributed by atoms with Crippen LogP contribution in [0.3, 0.4) is 0 Å². The number of ether oxygens (including phenoxy) is 2. The molecule has 1 atom stereocenters. The van der Waals surface area contributed by atoms with Crippen LogP contribution in [0.5, 0.6) is 0 Å². The number of aromatic nitrogens is 3. The Morgan fingerprint density at radius 2 is 2.50 bits per heavy atom. The topological polar surface area (TPSA) is 77.1 Å². The minimum Gasteiger partial charge on any atom is -0.460 e. The number of carbonyl (C=O) groups excluding carboxylic acids is 1. The fourth-order valence-corrected chi connectivity index (χ4v) is 1.66. The van der Waals surface area contributed by atoms with Gasteiger partial charge in [0, 0.05) is 6.61 Å². The van der Waals surface area contributed by atoms with Crippen molar-refractivity contribution in [3.05, 3.63) is 11.6 Å². The Hall–Kier alpha value is -1.43. The van der Waals surface area contributed by atoms with Gasteiger partial charge in [-0.15, -0.1) is 5.10 Å². The molecule has 0 aliphatic carbocycles. The van der Waals surface area contributed by atoms with E-state index >= 15 is 0 Å². The summed E-state index contributed by atoms with van der Waals surface area (Å²) < 4.78 is 10.3. The van der Waals surface area contributed by atoms with Gasteiger partial charge in [-0.1, -0.05) is 0 Å². The molecule has 2 rings (SSSR count). The molecule has 1 unspecified atom stereocenters. The quantitative estimate of drug-likeness (QED) is 0.783. The van der Waals surface area contributed by atoms with E-state index < -0.39 is 5.97 Å². The van der Waals surface area contributed by atoms with Gasteiger partial charge in [0.1, 0.15) is 6.10 Å². The average Bonchev–Trinajstić information content (AvgIpc) is 2.80. The SMILES string of the molecule is CCOC(=O)c1n[nH]c(C2CCCCO2)n1. The van der Waals surface area contributed by atoms with Gasteiger partial charge in [0.05, 0.1) is 6.61 Å². The molecule has 2 heterocycles. The molecule has 0 bridgehead atoms. The van der Waals surface area contributed by atoms with Crippen LogP contribution in [-0.2, 0) is 9.47 Å². The smallest absolute Gasteiger partial charge is 0.378 e. The lowest BCUT2D eigenvalue weighted by Crippen LogP contribution is -2.13. The Bertz CT molecular complexity index is 358. The molecule has 1 saturated heterocycles. The van der Waals surface area contributed by atoms with Gasteiger partial charge in [-0.05, 0) is 26.2 Å². The van der Waals surface area contributed by atoms with Gasteiger partial charge < -0.3 is 9.47 Å². The zero-order valence-electron chi connectivity index (χ0n) is 9.23. The highest BCUT2D eigenvalue weighted by atomic mass is 16.5. The second kappa shape index (κ2) is 5.07. The molecule has 0 spiro atoms. The highest BCUT2D eigenvalue weighted by Gasteiger charge is 2.22. The van der Waals surface area contributed by atoms with Crippen LogP contribution in [0.2, 0.25) is 0 Å². The second-order valence-corrected chi connectivity index (χ2v) is 3.62. The summed E-state index contributed by atoms with van der Waals surface area (Å²) in [7, 11) is 0. The van der Waals surface area contributed by atoms with E-state index in [9.17, 15) is 4.79 Å². The number of nitrogens with zero attached hydrogens (tertiary/aromatic N) is 2. The molecule has 0 saturated carbocycles. The summed E-state index contributed by atoms with van der Waals surface area (Å²) in [5.74, 6) is 0.189. The fraction of sp³-hybridized carbons (Fsp3) is 0.700. The van der Waals surface area contributed by atoms with Gasteiger partial charge in [0.15, 0.2) is 5.82 Å². The van der Waals surface area contributed by atoms with Crippen molar-refractivity contribution in [1.82, 2.24) is 15.2 Å². The Morgan fingerprint density at radius 1 is 1.62 bits per heavy atom. The van der Waals surface area contributed by atoms with E-state index in [0.717, 1.165) is 25.9 Å². The Morgan fingerprint density at radius 3 is 3.19 bits per heavy atom. The minimum absolute atomic E-state index is 0.0653. The number of hydrogen-bond acceptors (Lipinski definition) is 5. The highest BCUT2D eigenvalue weighted by molar-refractivity contribution is 5.84. The monoisotopic (exact) mass is 225 g/mol. The van der Waals surface area contributed by atoms with Crippen molar-refractivity contribution in [3.63, 3.8) is 0 Å². The van der Waals surface area contributed by atoms with Crippen molar-refractivity contribution in [2.24, 2.45) is 0 Å². The number of rotatable bonds is 3. The van der Waals surface area contributed by atoms with Crippen molar-refractivity contribution in [2.75, 3.05) is 13.2 Å². The van der Waals surface area contributed by atoms with Crippen LogP contribution < -0.4 is 0 Å². The van der Waals surface area contributed by atoms with Crippen molar-refractivity contribution in [2.45, 2.75) is 32.3 Å². The normalized spacial score (nSPS) is 20.7. The van der Waals surface area contributed by atoms with Gasteiger partial charge in [0.2, 0.25) is 0 Å². The summed E-state index contributed by atoms with van der Waals surface area (Å²) >= 11 is 0. The number of H-pyrrole nitrogens is 1. The van der Waals surface area contributed by atoms with Crippen LogP contribution in [0.4, 0.5) is 0 Å². The minimum atomic E-state index is -0.499. The zero-order chi connectivity index (χ0) is 11.4. The third kappa shape index (κ3) is 2.38. The van der Waals surface area contributed by atoms with Crippen LogP contribution >= 0.6 is 0 Å². The summed E-state index contributed by atoms with van der Waals surface area (Å²) in [4.78, 5) is 15.4. The first-order chi connectivity index (χ1) is 7.81.